The van der Waals surface area contributed by atoms with Crippen LogP contribution in [0.15, 0.2) is 72.8 Å². The summed E-state index contributed by atoms with van der Waals surface area (Å²) in [6.07, 6.45) is -4.35. The summed E-state index contributed by atoms with van der Waals surface area (Å²) in [7, 11) is 0. The molecule has 3 aromatic carbocycles. The van der Waals surface area contributed by atoms with Crippen LogP contribution in [0.2, 0.25) is 5.02 Å². The van der Waals surface area contributed by atoms with E-state index in [4.69, 9.17) is 11.6 Å². The fourth-order valence-corrected chi connectivity index (χ4v) is 4.58. The molecule has 0 N–H and O–H groups in total. The smallest absolute Gasteiger partial charge is 0.406 e. The van der Waals surface area contributed by atoms with Crippen LogP contribution in [0.25, 0.3) is 0 Å². The first-order valence-electron chi connectivity index (χ1n) is 10.9. The lowest BCUT2D eigenvalue weighted by atomic mass is 9.89. The Labute approximate surface area is 205 Å². The third-order valence-corrected chi connectivity index (χ3v) is 6.12. The van der Waals surface area contributed by atoms with Crippen LogP contribution in [0, 0.1) is 0 Å². The van der Waals surface area contributed by atoms with Crippen molar-refractivity contribution in [3.63, 3.8) is 0 Å². The average molecular weight is 503 g/mol. The van der Waals surface area contributed by atoms with E-state index in [2.05, 4.69) is 4.74 Å². The first-order chi connectivity index (χ1) is 16.5. The van der Waals surface area contributed by atoms with Crippen molar-refractivity contribution in [2.24, 2.45) is 0 Å². The van der Waals surface area contributed by atoms with Crippen LogP contribution < -0.4 is 14.5 Å². The summed E-state index contributed by atoms with van der Waals surface area (Å²) in [5.74, 6) is -0.913. The quantitative estimate of drug-likeness (QED) is 0.395. The van der Waals surface area contributed by atoms with Crippen LogP contribution >= 0.6 is 11.6 Å². The number of nitrogens with zero attached hydrogens (tertiary/aromatic N) is 2. The van der Waals surface area contributed by atoms with Crippen LogP contribution in [0.5, 0.6) is 5.75 Å². The van der Waals surface area contributed by atoms with Crippen LogP contribution in [-0.2, 0) is 4.79 Å². The molecule has 0 aromatic heterocycles. The van der Waals surface area contributed by atoms with Crippen LogP contribution in [-0.4, -0.2) is 24.2 Å². The molecule has 0 bridgehead atoms. The van der Waals surface area contributed by atoms with Gasteiger partial charge in [-0.05, 0) is 73.5 Å². The van der Waals surface area contributed by atoms with Gasteiger partial charge in [0.2, 0.25) is 5.91 Å². The van der Waals surface area contributed by atoms with Crippen molar-refractivity contribution < 1.29 is 27.5 Å². The molecule has 0 saturated heterocycles. The molecule has 2 atom stereocenters. The van der Waals surface area contributed by atoms with E-state index in [0.29, 0.717) is 22.8 Å². The minimum atomic E-state index is -4.81. The third-order valence-electron chi connectivity index (χ3n) is 5.87. The minimum absolute atomic E-state index is 0.153. The van der Waals surface area contributed by atoms with Gasteiger partial charge >= 0.3 is 6.36 Å². The van der Waals surface area contributed by atoms with E-state index >= 15 is 0 Å². The van der Waals surface area contributed by atoms with Gasteiger partial charge in [-0.2, -0.15) is 0 Å². The van der Waals surface area contributed by atoms with Crippen molar-refractivity contribution in [1.29, 1.82) is 0 Å². The molecule has 0 radical (unpaired) electrons. The number of ether oxygens (including phenoxy) is 1. The number of alkyl halides is 3. The van der Waals surface area contributed by atoms with Crippen molar-refractivity contribution in [2.45, 2.75) is 38.7 Å². The fourth-order valence-electron chi connectivity index (χ4n) is 4.46. The lowest BCUT2D eigenvalue weighted by Gasteiger charge is -2.43. The molecule has 182 valence electrons. The number of amides is 2. The van der Waals surface area contributed by atoms with Gasteiger partial charge in [-0.3, -0.25) is 9.59 Å². The molecule has 2 amide bonds. The Balaban J connectivity index is 1.69. The molecule has 0 fully saturated rings. The van der Waals surface area contributed by atoms with Crippen LogP contribution in [0.4, 0.5) is 24.5 Å². The third kappa shape index (κ3) is 5.27. The molecule has 0 unspecified atom stereocenters. The van der Waals surface area contributed by atoms with Crippen molar-refractivity contribution in [3.8, 4) is 5.75 Å². The predicted molar refractivity (Wildman–Crippen MR) is 128 cm³/mol. The highest BCUT2D eigenvalue weighted by Gasteiger charge is 2.38. The van der Waals surface area contributed by atoms with E-state index < -0.39 is 12.1 Å². The summed E-state index contributed by atoms with van der Waals surface area (Å²) in [4.78, 5) is 29.5. The van der Waals surface area contributed by atoms with Crippen molar-refractivity contribution >= 4 is 34.8 Å². The Morgan fingerprint density at radius 3 is 2.23 bits per heavy atom. The summed E-state index contributed by atoms with van der Waals surface area (Å²) in [6.45, 7) is 3.37. The SMILES string of the molecule is CC(=O)N(c1ccc(Cl)cc1)[C@@H]1C[C@H](C)N(C(=O)c2ccc(OC(F)(F)F)cc2)c2ccccc21. The Morgan fingerprint density at radius 2 is 1.63 bits per heavy atom. The molecule has 9 heteroatoms. The fraction of sp³-hybridized carbons (Fsp3) is 0.231. The Kier molecular flexibility index (Phi) is 6.76. The Hall–Kier alpha value is -3.52. The molecule has 1 aliphatic rings. The summed E-state index contributed by atoms with van der Waals surface area (Å²) in [5.41, 5.74) is 2.34. The number of rotatable bonds is 4. The van der Waals surface area contributed by atoms with Gasteiger partial charge in [-0.1, -0.05) is 29.8 Å². The van der Waals surface area contributed by atoms with E-state index in [0.717, 1.165) is 17.7 Å². The topological polar surface area (TPSA) is 49.9 Å². The molecule has 0 spiro atoms. The van der Waals surface area contributed by atoms with Gasteiger partial charge < -0.3 is 14.5 Å². The summed E-state index contributed by atoms with van der Waals surface area (Å²) in [6, 6.07) is 18.5. The highest BCUT2D eigenvalue weighted by atomic mass is 35.5. The summed E-state index contributed by atoms with van der Waals surface area (Å²) >= 11 is 6.03. The molecule has 35 heavy (non-hydrogen) atoms. The van der Waals surface area contributed by atoms with Crippen LogP contribution in [0.3, 0.4) is 0 Å². The number of hydrogen-bond donors (Lipinski definition) is 0. The van der Waals surface area contributed by atoms with E-state index in [-0.39, 0.29) is 29.5 Å². The maximum atomic E-state index is 13.5. The predicted octanol–water partition coefficient (Wildman–Crippen LogP) is 6.77. The number of benzene rings is 3. The van der Waals surface area contributed by atoms with Gasteiger partial charge in [0.1, 0.15) is 5.75 Å². The molecule has 3 aromatic rings. The van der Waals surface area contributed by atoms with Crippen molar-refractivity contribution in [2.75, 3.05) is 9.80 Å². The van der Waals surface area contributed by atoms with Crippen LogP contribution in [0.1, 0.15) is 42.2 Å². The second-order valence-electron chi connectivity index (χ2n) is 8.27. The van der Waals surface area contributed by atoms with Gasteiger partial charge in [-0.15, -0.1) is 13.2 Å². The second-order valence-corrected chi connectivity index (χ2v) is 8.71. The number of carbonyl (C=O) groups excluding carboxylic acids is 2. The molecule has 0 aliphatic carbocycles. The first-order valence-corrected chi connectivity index (χ1v) is 11.3. The van der Waals surface area contributed by atoms with Gasteiger partial charge in [0, 0.05) is 34.9 Å². The first kappa shape index (κ1) is 24.6. The zero-order chi connectivity index (χ0) is 25.3. The lowest BCUT2D eigenvalue weighted by molar-refractivity contribution is -0.274. The maximum absolute atomic E-state index is 13.5. The van der Waals surface area contributed by atoms with E-state index in [1.807, 2.05) is 19.1 Å². The minimum Gasteiger partial charge on any atom is -0.406 e. The normalized spacial score (nSPS) is 17.5. The number of anilines is 2. The highest BCUT2D eigenvalue weighted by Crippen LogP contribution is 2.43. The zero-order valence-electron chi connectivity index (χ0n) is 18.9. The largest absolute Gasteiger partial charge is 0.573 e. The molecular formula is C26H22ClF3N2O3. The van der Waals surface area contributed by atoms with Gasteiger partial charge in [0.15, 0.2) is 0 Å². The summed E-state index contributed by atoms with van der Waals surface area (Å²) < 4.78 is 41.3. The monoisotopic (exact) mass is 502 g/mol. The van der Waals surface area contributed by atoms with Crippen molar-refractivity contribution in [1.82, 2.24) is 0 Å². The number of carbonyl (C=O) groups is 2. The summed E-state index contributed by atoms with van der Waals surface area (Å²) in [5, 5.41) is 0.554. The van der Waals surface area contributed by atoms with Gasteiger partial charge in [-0.25, -0.2) is 0 Å². The standard InChI is InChI=1S/C26H22ClF3N2O3/c1-16-15-24(32(17(2)33)20-11-9-19(27)10-12-20)22-5-3-4-6-23(22)31(16)25(34)18-7-13-21(14-8-18)35-26(28,29)30/h3-14,16,24H,15H2,1-2H3/t16-,24+/m0/s1. The Bertz CT molecular complexity index is 1230. The Morgan fingerprint density at radius 1 is 1.00 bits per heavy atom. The number of para-hydroxylation sites is 1. The average Bonchev–Trinajstić information content (AvgIpc) is 2.79. The molecule has 1 heterocycles. The molecule has 0 saturated carbocycles. The van der Waals surface area contributed by atoms with Gasteiger partial charge in [0.05, 0.1) is 6.04 Å². The van der Waals surface area contributed by atoms with E-state index in [1.165, 1.54) is 19.1 Å². The number of fused-ring (bicyclic) bond motifs is 1. The van der Waals surface area contributed by atoms with Crippen molar-refractivity contribution in [3.05, 3.63) is 88.9 Å². The number of hydrogen-bond acceptors (Lipinski definition) is 3. The second kappa shape index (κ2) is 9.62. The van der Waals surface area contributed by atoms with Gasteiger partial charge in [0.25, 0.3) is 5.91 Å². The molecule has 5 nitrogen and oxygen atoms in total. The maximum Gasteiger partial charge on any atom is 0.573 e. The molecule has 1 aliphatic heterocycles. The number of halogens is 4. The molecule has 4 rings (SSSR count). The highest BCUT2D eigenvalue weighted by molar-refractivity contribution is 6.30. The lowest BCUT2D eigenvalue weighted by Crippen LogP contribution is -2.47. The van der Waals surface area contributed by atoms with E-state index in [9.17, 15) is 22.8 Å². The molecular weight excluding hydrogens is 481 g/mol. The van der Waals surface area contributed by atoms with E-state index in [1.54, 1.807) is 46.2 Å². The zero-order valence-corrected chi connectivity index (χ0v) is 19.7.